The van der Waals surface area contributed by atoms with Crippen molar-refractivity contribution in [1.29, 1.82) is 0 Å². The lowest BCUT2D eigenvalue weighted by molar-refractivity contribution is -0.586. The van der Waals surface area contributed by atoms with Crippen molar-refractivity contribution in [2.24, 2.45) is 0 Å². The van der Waals surface area contributed by atoms with Crippen LogP contribution in [0.15, 0.2) is 24.5 Å². The highest BCUT2D eigenvalue weighted by Gasteiger charge is 2.14. The van der Waals surface area contributed by atoms with Crippen molar-refractivity contribution in [3.63, 3.8) is 0 Å². The molecule has 82 valence electrons. The zero-order chi connectivity index (χ0) is 11.1. The molecule has 1 rings (SSSR count). The van der Waals surface area contributed by atoms with E-state index < -0.39 is 0 Å². The van der Waals surface area contributed by atoms with Gasteiger partial charge in [-0.1, -0.05) is 17.9 Å². The predicted molar refractivity (Wildman–Crippen MR) is 57.7 cm³/mol. The summed E-state index contributed by atoms with van der Waals surface area (Å²) in [6.45, 7) is 4.37. The molecule has 3 heteroatoms. The Morgan fingerprint density at radius 1 is 1.47 bits per heavy atom. The van der Waals surface area contributed by atoms with E-state index in [-0.39, 0.29) is 6.09 Å². The van der Waals surface area contributed by atoms with Gasteiger partial charge in [0.25, 0.3) is 0 Å². The highest BCUT2D eigenvalue weighted by Crippen LogP contribution is 2.01. The monoisotopic (exact) mass is 208 g/mol. The van der Waals surface area contributed by atoms with E-state index in [0.29, 0.717) is 6.61 Å². The van der Waals surface area contributed by atoms with Gasteiger partial charge in [0.15, 0.2) is 12.4 Å². The van der Waals surface area contributed by atoms with Gasteiger partial charge in [-0.05, 0) is 25.8 Å². The highest BCUT2D eigenvalue weighted by molar-refractivity contribution is 5.56. The molecule has 0 amide bonds. The van der Waals surface area contributed by atoms with Crippen molar-refractivity contribution >= 4 is 6.09 Å². The molecule has 0 aliphatic heterocycles. The van der Waals surface area contributed by atoms with Crippen LogP contribution >= 0.6 is 0 Å². The minimum atomic E-state index is -0.309. The summed E-state index contributed by atoms with van der Waals surface area (Å²) in [5.41, 5.74) is 1.17. The van der Waals surface area contributed by atoms with Crippen LogP contribution in [0.5, 0.6) is 0 Å². The van der Waals surface area contributed by atoms with Crippen LogP contribution < -0.4 is 4.57 Å². The molecule has 0 aromatic carbocycles. The summed E-state index contributed by atoms with van der Waals surface area (Å²) in [4.78, 5) is 11.4. The molecule has 0 unspecified atom stereocenters. The number of ether oxygens (including phenoxy) is 1. The van der Waals surface area contributed by atoms with Crippen LogP contribution in [0, 0.1) is 0 Å². The zero-order valence-electron chi connectivity index (χ0n) is 9.40. The molecule has 0 N–H and O–H groups in total. The smallest absolute Gasteiger partial charge is 0.412 e. The van der Waals surface area contributed by atoms with E-state index >= 15 is 0 Å². The number of nitrogens with zero attached hydrogens (tertiary/aromatic N) is 1. The molecule has 1 aromatic heterocycles. The first-order valence-corrected chi connectivity index (χ1v) is 5.45. The molecule has 0 saturated heterocycles. The normalized spacial score (nSPS) is 10.0. The third-order valence-corrected chi connectivity index (χ3v) is 2.16. The molecule has 0 saturated carbocycles. The van der Waals surface area contributed by atoms with Gasteiger partial charge in [-0.2, -0.15) is 4.79 Å². The largest absolute Gasteiger partial charge is 0.601 e. The SMILES string of the molecule is CCCCc1ccc[n+](C(=O)OCC)c1. The number of hydrogen-bond acceptors (Lipinski definition) is 2. The van der Waals surface area contributed by atoms with Gasteiger partial charge in [-0.15, -0.1) is 0 Å². The number of rotatable bonds is 4. The summed E-state index contributed by atoms with van der Waals surface area (Å²) in [5.74, 6) is 0. The van der Waals surface area contributed by atoms with Crippen LogP contribution in [0.4, 0.5) is 4.79 Å². The van der Waals surface area contributed by atoms with Gasteiger partial charge in [0.2, 0.25) is 0 Å². The third-order valence-electron chi connectivity index (χ3n) is 2.16. The Kier molecular flexibility index (Phi) is 4.81. The lowest BCUT2D eigenvalue weighted by Gasteiger charge is -1.98. The summed E-state index contributed by atoms with van der Waals surface area (Å²) in [6, 6.07) is 3.91. The Labute approximate surface area is 90.7 Å². The Balaban J connectivity index is 2.69. The average molecular weight is 208 g/mol. The van der Waals surface area contributed by atoms with Crippen LogP contribution in [0.25, 0.3) is 0 Å². The first-order valence-electron chi connectivity index (χ1n) is 5.45. The van der Waals surface area contributed by atoms with Gasteiger partial charge in [0.05, 0.1) is 6.61 Å². The number of hydrogen-bond donors (Lipinski definition) is 0. The minimum Gasteiger partial charge on any atom is -0.412 e. The van der Waals surface area contributed by atoms with E-state index in [1.165, 1.54) is 10.1 Å². The fourth-order valence-electron chi connectivity index (χ4n) is 1.36. The molecule has 0 fully saturated rings. The molecule has 0 aliphatic rings. The van der Waals surface area contributed by atoms with E-state index in [0.717, 1.165) is 19.3 Å². The Bertz CT molecular complexity index is 323. The van der Waals surface area contributed by atoms with Crippen LogP contribution in [-0.4, -0.2) is 12.7 Å². The van der Waals surface area contributed by atoms with Crippen molar-refractivity contribution in [2.45, 2.75) is 33.1 Å². The van der Waals surface area contributed by atoms with Gasteiger partial charge >= 0.3 is 6.09 Å². The predicted octanol–water partition coefficient (Wildman–Crippen LogP) is 2.32. The highest BCUT2D eigenvalue weighted by atomic mass is 16.5. The van der Waals surface area contributed by atoms with E-state index in [1.807, 2.05) is 18.3 Å². The number of carbonyl (C=O) groups is 1. The van der Waals surface area contributed by atoms with Gasteiger partial charge in [-0.25, -0.2) is 0 Å². The van der Waals surface area contributed by atoms with Gasteiger partial charge in [0.1, 0.15) is 0 Å². The molecular formula is C12H18NO2+. The fourth-order valence-corrected chi connectivity index (χ4v) is 1.36. The van der Waals surface area contributed by atoms with Crippen molar-refractivity contribution in [3.05, 3.63) is 30.1 Å². The number of aryl methyl sites for hydroxylation is 1. The third kappa shape index (κ3) is 3.70. The quantitative estimate of drug-likeness (QED) is 0.711. The van der Waals surface area contributed by atoms with E-state index in [4.69, 9.17) is 4.74 Å². The van der Waals surface area contributed by atoms with Crippen LogP contribution in [0.2, 0.25) is 0 Å². The van der Waals surface area contributed by atoms with Crippen molar-refractivity contribution in [2.75, 3.05) is 6.61 Å². The number of pyridine rings is 1. The Morgan fingerprint density at radius 3 is 2.93 bits per heavy atom. The summed E-state index contributed by atoms with van der Waals surface area (Å²) in [7, 11) is 0. The van der Waals surface area contributed by atoms with E-state index in [2.05, 4.69) is 6.92 Å². The van der Waals surface area contributed by atoms with Crippen LogP contribution in [0.3, 0.4) is 0 Å². The van der Waals surface area contributed by atoms with E-state index in [9.17, 15) is 4.79 Å². The minimum absolute atomic E-state index is 0.309. The maximum absolute atomic E-state index is 11.4. The molecule has 1 heterocycles. The maximum atomic E-state index is 11.4. The summed E-state index contributed by atoms with van der Waals surface area (Å²) < 4.78 is 6.41. The molecule has 0 radical (unpaired) electrons. The molecule has 0 aliphatic carbocycles. The summed E-state index contributed by atoms with van der Waals surface area (Å²) in [6.07, 6.45) is 6.56. The second-order valence-electron chi connectivity index (χ2n) is 3.42. The number of unbranched alkanes of at least 4 members (excludes halogenated alkanes) is 1. The van der Waals surface area contributed by atoms with Crippen LogP contribution in [0.1, 0.15) is 32.3 Å². The summed E-state index contributed by atoms with van der Waals surface area (Å²) in [5, 5.41) is 0. The number of carbonyl (C=O) groups excluding carboxylic acids is 1. The second-order valence-corrected chi connectivity index (χ2v) is 3.42. The standard InChI is InChI=1S/C12H18NO2/c1-3-5-7-11-8-6-9-13(10-11)12(14)15-4-2/h6,8-10H,3-5,7H2,1-2H3/q+1. The molecule has 0 bridgehead atoms. The molecule has 0 atom stereocenters. The first-order chi connectivity index (χ1) is 7.27. The van der Waals surface area contributed by atoms with Crippen molar-refractivity contribution in [3.8, 4) is 0 Å². The van der Waals surface area contributed by atoms with Crippen molar-refractivity contribution in [1.82, 2.24) is 0 Å². The lowest BCUT2D eigenvalue weighted by atomic mass is 10.1. The van der Waals surface area contributed by atoms with Gasteiger partial charge in [0, 0.05) is 11.6 Å². The second kappa shape index (κ2) is 6.17. The van der Waals surface area contributed by atoms with E-state index in [1.54, 1.807) is 13.1 Å². The maximum Gasteiger partial charge on any atom is 0.601 e. The zero-order valence-corrected chi connectivity index (χ0v) is 9.40. The Morgan fingerprint density at radius 2 is 2.27 bits per heavy atom. The molecular weight excluding hydrogens is 190 g/mol. The molecule has 15 heavy (non-hydrogen) atoms. The van der Waals surface area contributed by atoms with Crippen LogP contribution in [-0.2, 0) is 11.2 Å². The Hall–Kier alpha value is -1.38. The first kappa shape index (κ1) is 11.7. The molecule has 0 spiro atoms. The lowest BCUT2D eigenvalue weighted by Crippen LogP contribution is -2.42. The number of aromatic nitrogens is 1. The van der Waals surface area contributed by atoms with Gasteiger partial charge in [-0.3, -0.25) is 0 Å². The van der Waals surface area contributed by atoms with Crippen molar-refractivity contribution < 1.29 is 14.1 Å². The molecule has 1 aromatic rings. The topological polar surface area (TPSA) is 30.2 Å². The van der Waals surface area contributed by atoms with Gasteiger partial charge < -0.3 is 4.74 Å². The average Bonchev–Trinajstić information content (AvgIpc) is 2.27. The summed E-state index contributed by atoms with van der Waals surface area (Å²) >= 11 is 0. The fraction of sp³-hybridized carbons (Fsp3) is 0.500. The molecule has 3 nitrogen and oxygen atoms in total.